The molecule has 0 aromatic heterocycles. The summed E-state index contributed by atoms with van der Waals surface area (Å²) in [7, 11) is 0. The highest BCUT2D eigenvalue weighted by Gasteiger charge is 2.36. The van der Waals surface area contributed by atoms with Gasteiger partial charge in [-0.1, -0.05) is 30.3 Å². The highest BCUT2D eigenvalue weighted by atomic mass is 16.5. The first-order valence-electron chi connectivity index (χ1n) is 7.80. The number of carbonyl (C=O) groups is 1. The van der Waals surface area contributed by atoms with Gasteiger partial charge in [0.25, 0.3) is 0 Å². The number of benzene rings is 1. The minimum absolute atomic E-state index is 0.0717. The lowest BCUT2D eigenvalue weighted by Crippen LogP contribution is -2.30. The molecule has 1 aliphatic heterocycles. The summed E-state index contributed by atoms with van der Waals surface area (Å²) in [5.41, 5.74) is 3.58. The van der Waals surface area contributed by atoms with Crippen LogP contribution in [0.3, 0.4) is 0 Å². The molecule has 0 fully saturated rings. The third-order valence-electron chi connectivity index (χ3n) is 4.48. The number of aliphatic hydroxyl groups is 2. The highest BCUT2D eigenvalue weighted by molar-refractivity contribution is 6.03. The van der Waals surface area contributed by atoms with Crippen molar-refractivity contribution in [3.8, 4) is 0 Å². The Hall–Kier alpha value is -2.85. The molecule has 4 heteroatoms. The normalized spacial score (nSPS) is 24.8. The lowest BCUT2D eigenvalue weighted by atomic mass is 9.78. The Morgan fingerprint density at radius 3 is 2.79 bits per heavy atom. The summed E-state index contributed by atoms with van der Waals surface area (Å²) in [6.07, 6.45) is 9.57. The second kappa shape index (κ2) is 5.65. The first-order chi connectivity index (χ1) is 11.7. The van der Waals surface area contributed by atoms with Crippen molar-refractivity contribution < 1.29 is 19.7 Å². The fraction of sp³-hybridized carbons (Fsp3) is 0.150. The van der Waals surface area contributed by atoms with Gasteiger partial charge < -0.3 is 14.9 Å². The molecule has 4 rings (SSSR count). The first kappa shape index (κ1) is 14.7. The van der Waals surface area contributed by atoms with Crippen LogP contribution in [-0.2, 0) is 16.1 Å². The number of ketones is 1. The monoisotopic (exact) mass is 320 g/mol. The second-order valence-electron chi connectivity index (χ2n) is 5.95. The van der Waals surface area contributed by atoms with E-state index in [-0.39, 0.29) is 30.2 Å². The number of ether oxygens (including phenoxy) is 1. The number of hydrogen-bond donors (Lipinski definition) is 2. The van der Waals surface area contributed by atoms with Crippen molar-refractivity contribution in [1.29, 1.82) is 0 Å². The smallest absolute Gasteiger partial charge is 0.182 e. The van der Waals surface area contributed by atoms with Gasteiger partial charge in [0.2, 0.25) is 0 Å². The van der Waals surface area contributed by atoms with Crippen molar-refractivity contribution in [2.45, 2.75) is 12.7 Å². The Bertz CT molecular complexity index is 867. The van der Waals surface area contributed by atoms with Gasteiger partial charge in [0, 0.05) is 17.6 Å². The molecular weight excluding hydrogens is 304 g/mol. The Balaban J connectivity index is 1.96. The number of aliphatic hydroxyl groups excluding tert-OH is 2. The van der Waals surface area contributed by atoms with Crippen LogP contribution in [0.2, 0.25) is 0 Å². The molecule has 2 unspecified atom stereocenters. The van der Waals surface area contributed by atoms with Crippen LogP contribution >= 0.6 is 0 Å². The summed E-state index contributed by atoms with van der Waals surface area (Å²) in [6, 6.07) is 7.66. The summed E-state index contributed by atoms with van der Waals surface area (Å²) in [6.45, 7) is -0.0717. The van der Waals surface area contributed by atoms with E-state index in [1.165, 1.54) is 12.2 Å². The zero-order chi connectivity index (χ0) is 16.7. The molecule has 4 nitrogen and oxygen atoms in total. The van der Waals surface area contributed by atoms with Gasteiger partial charge >= 0.3 is 0 Å². The fourth-order valence-electron chi connectivity index (χ4n) is 3.40. The van der Waals surface area contributed by atoms with Gasteiger partial charge in [-0.15, -0.1) is 0 Å². The second-order valence-corrected chi connectivity index (χ2v) is 5.95. The van der Waals surface area contributed by atoms with Crippen molar-refractivity contribution in [2.75, 3.05) is 0 Å². The van der Waals surface area contributed by atoms with Gasteiger partial charge in [0.1, 0.15) is 17.6 Å². The van der Waals surface area contributed by atoms with E-state index in [1.54, 1.807) is 18.2 Å². The Morgan fingerprint density at radius 1 is 1.12 bits per heavy atom. The number of rotatable bonds is 2. The van der Waals surface area contributed by atoms with E-state index in [9.17, 15) is 15.0 Å². The summed E-state index contributed by atoms with van der Waals surface area (Å²) < 4.78 is 5.94. The first-order valence-corrected chi connectivity index (χ1v) is 7.80. The molecule has 1 aromatic rings. The van der Waals surface area contributed by atoms with E-state index in [2.05, 4.69) is 0 Å². The molecule has 24 heavy (non-hydrogen) atoms. The number of carbonyl (C=O) groups excluding carboxylic acids is 1. The van der Waals surface area contributed by atoms with Gasteiger partial charge in [-0.2, -0.15) is 0 Å². The summed E-state index contributed by atoms with van der Waals surface area (Å²) in [5.74, 6) is 0.429. The van der Waals surface area contributed by atoms with Crippen molar-refractivity contribution in [1.82, 2.24) is 0 Å². The molecule has 0 saturated carbocycles. The third-order valence-corrected chi connectivity index (χ3v) is 4.48. The van der Waals surface area contributed by atoms with E-state index in [4.69, 9.17) is 4.74 Å². The van der Waals surface area contributed by atoms with Crippen LogP contribution in [-0.4, -0.2) is 22.1 Å². The SMILES string of the molecule is O=C1C=CC2=C(c3ccccc3CO)C3C=CC(O)=CC3OC2=C1. The molecule has 2 N–H and O–H groups in total. The Kier molecular flexibility index (Phi) is 3.47. The molecule has 0 radical (unpaired) electrons. The number of allylic oxidation sites excluding steroid dienone is 4. The minimum atomic E-state index is -0.383. The van der Waals surface area contributed by atoms with Crippen molar-refractivity contribution in [3.05, 3.63) is 88.9 Å². The van der Waals surface area contributed by atoms with E-state index in [0.29, 0.717) is 5.76 Å². The molecule has 1 heterocycles. The Morgan fingerprint density at radius 2 is 1.96 bits per heavy atom. The maximum atomic E-state index is 11.7. The average molecular weight is 320 g/mol. The molecule has 3 aliphatic rings. The molecule has 0 amide bonds. The number of fused-ring (bicyclic) bond motifs is 2. The van der Waals surface area contributed by atoms with Crippen LogP contribution in [0.5, 0.6) is 0 Å². The van der Waals surface area contributed by atoms with E-state index >= 15 is 0 Å². The largest absolute Gasteiger partial charge is 0.508 e. The molecular formula is C20H16O4. The van der Waals surface area contributed by atoms with Gasteiger partial charge in [-0.05, 0) is 41.0 Å². The van der Waals surface area contributed by atoms with Crippen molar-refractivity contribution in [3.63, 3.8) is 0 Å². The highest BCUT2D eigenvalue weighted by Crippen LogP contribution is 2.44. The maximum absolute atomic E-state index is 11.7. The van der Waals surface area contributed by atoms with Crippen LogP contribution in [0, 0.1) is 5.92 Å². The standard InChI is InChI=1S/C20H16O4/c21-11-12-3-1-2-4-15(12)20-16-7-5-13(22)9-18(16)24-19-10-14(23)6-8-17(19)20/h1-10,16,18,21-22H,11H2. The lowest BCUT2D eigenvalue weighted by molar-refractivity contribution is -0.110. The van der Waals surface area contributed by atoms with E-state index < -0.39 is 0 Å². The van der Waals surface area contributed by atoms with Crippen LogP contribution in [0.15, 0.2) is 77.8 Å². The quantitative estimate of drug-likeness (QED) is 0.879. The van der Waals surface area contributed by atoms with Crippen LogP contribution in [0.4, 0.5) is 0 Å². The summed E-state index contributed by atoms with van der Waals surface area (Å²) in [5, 5.41) is 19.5. The van der Waals surface area contributed by atoms with E-state index in [1.807, 2.05) is 30.3 Å². The predicted octanol–water partition coefficient (Wildman–Crippen LogP) is 2.98. The third kappa shape index (κ3) is 2.32. The summed E-state index contributed by atoms with van der Waals surface area (Å²) >= 11 is 0. The topological polar surface area (TPSA) is 66.8 Å². The van der Waals surface area contributed by atoms with Gasteiger partial charge in [-0.25, -0.2) is 0 Å². The van der Waals surface area contributed by atoms with E-state index in [0.717, 1.165) is 22.3 Å². The Labute approximate surface area is 139 Å². The molecule has 0 saturated heterocycles. The fourth-order valence-corrected chi connectivity index (χ4v) is 3.40. The predicted molar refractivity (Wildman–Crippen MR) is 89.7 cm³/mol. The summed E-state index contributed by atoms with van der Waals surface area (Å²) in [4.78, 5) is 11.7. The average Bonchev–Trinajstić information content (AvgIpc) is 2.59. The number of hydrogen-bond acceptors (Lipinski definition) is 4. The molecule has 2 aliphatic carbocycles. The molecule has 120 valence electrons. The van der Waals surface area contributed by atoms with Gasteiger partial charge in [0.15, 0.2) is 5.78 Å². The minimum Gasteiger partial charge on any atom is -0.508 e. The van der Waals surface area contributed by atoms with Gasteiger partial charge in [-0.3, -0.25) is 4.79 Å². The van der Waals surface area contributed by atoms with Crippen LogP contribution in [0.1, 0.15) is 11.1 Å². The maximum Gasteiger partial charge on any atom is 0.182 e. The molecule has 1 aromatic carbocycles. The van der Waals surface area contributed by atoms with Crippen molar-refractivity contribution >= 4 is 11.4 Å². The zero-order valence-electron chi connectivity index (χ0n) is 12.8. The van der Waals surface area contributed by atoms with Crippen LogP contribution < -0.4 is 0 Å². The zero-order valence-corrected chi connectivity index (χ0v) is 12.8. The molecule has 0 spiro atoms. The molecule has 2 atom stereocenters. The molecule has 0 bridgehead atoms. The van der Waals surface area contributed by atoms with Crippen LogP contribution in [0.25, 0.3) is 5.57 Å². The van der Waals surface area contributed by atoms with Gasteiger partial charge in [0.05, 0.1) is 6.61 Å². The van der Waals surface area contributed by atoms with Crippen molar-refractivity contribution in [2.24, 2.45) is 5.92 Å². The lowest BCUT2D eigenvalue weighted by Gasteiger charge is -2.36.